The van der Waals surface area contributed by atoms with Crippen LogP contribution in [0.5, 0.6) is 11.5 Å². The maximum absolute atomic E-state index is 12.3. The van der Waals surface area contributed by atoms with E-state index in [4.69, 9.17) is 9.47 Å². The van der Waals surface area contributed by atoms with Gasteiger partial charge in [-0.2, -0.15) is 0 Å². The van der Waals surface area contributed by atoms with Crippen molar-refractivity contribution >= 4 is 34.4 Å². The zero-order chi connectivity index (χ0) is 19.4. The molecule has 0 spiro atoms. The number of aromatic amines is 1. The number of carbonyl (C=O) groups excluding carboxylic acids is 2. The standard InChI is InChI=1S/C18H21N3O5S/c1-25-14-7-12-13(8-15(14)26-2)19-16(20-18(12)24)9-27-10-17(23)21-5-3-11(22)4-6-21/h7-8H,3-6,9-10H2,1-2H3,(H,19,20,24). The monoisotopic (exact) mass is 391 g/mol. The molecule has 1 saturated heterocycles. The number of amides is 1. The highest BCUT2D eigenvalue weighted by atomic mass is 32.2. The molecule has 1 N–H and O–H groups in total. The molecule has 1 aromatic heterocycles. The number of hydrogen-bond donors (Lipinski definition) is 1. The number of Topliss-reactive ketones (excluding diaryl/α,β-unsaturated/α-hetero) is 1. The van der Waals surface area contributed by atoms with Gasteiger partial charge in [0.15, 0.2) is 11.5 Å². The SMILES string of the molecule is COc1cc2nc(CSCC(=O)N3CCC(=O)CC3)[nH]c(=O)c2cc1OC. The Bertz CT molecular complexity index is 917. The van der Waals surface area contributed by atoms with E-state index in [0.29, 0.717) is 59.9 Å². The van der Waals surface area contributed by atoms with Gasteiger partial charge in [0.2, 0.25) is 5.91 Å². The van der Waals surface area contributed by atoms with Gasteiger partial charge in [-0.1, -0.05) is 0 Å². The fourth-order valence-electron chi connectivity index (χ4n) is 2.91. The van der Waals surface area contributed by atoms with Crippen molar-refractivity contribution in [3.63, 3.8) is 0 Å². The highest BCUT2D eigenvalue weighted by Crippen LogP contribution is 2.30. The fraction of sp³-hybridized carbons (Fsp3) is 0.444. The number of benzene rings is 1. The lowest BCUT2D eigenvalue weighted by Crippen LogP contribution is -2.39. The van der Waals surface area contributed by atoms with Crippen LogP contribution in [0.1, 0.15) is 18.7 Å². The fourth-order valence-corrected chi connectivity index (χ4v) is 3.70. The van der Waals surface area contributed by atoms with Gasteiger partial charge in [-0.25, -0.2) is 4.98 Å². The molecule has 2 heterocycles. The molecule has 0 unspecified atom stereocenters. The van der Waals surface area contributed by atoms with Gasteiger partial charge in [-0.15, -0.1) is 11.8 Å². The highest BCUT2D eigenvalue weighted by Gasteiger charge is 2.20. The van der Waals surface area contributed by atoms with Crippen molar-refractivity contribution in [3.8, 4) is 11.5 Å². The largest absolute Gasteiger partial charge is 0.493 e. The molecule has 144 valence electrons. The van der Waals surface area contributed by atoms with E-state index in [2.05, 4.69) is 9.97 Å². The van der Waals surface area contributed by atoms with E-state index in [0.717, 1.165) is 0 Å². The number of hydrogen-bond acceptors (Lipinski definition) is 7. The van der Waals surface area contributed by atoms with Gasteiger partial charge in [0, 0.05) is 32.0 Å². The summed E-state index contributed by atoms with van der Waals surface area (Å²) in [5.41, 5.74) is 0.241. The molecular formula is C18H21N3O5S. The lowest BCUT2D eigenvalue weighted by Gasteiger charge is -2.25. The first-order valence-electron chi connectivity index (χ1n) is 8.54. The second-order valence-corrected chi connectivity index (χ2v) is 7.13. The molecular weight excluding hydrogens is 370 g/mol. The average molecular weight is 391 g/mol. The summed E-state index contributed by atoms with van der Waals surface area (Å²) in [6.07, 6.45) is 0.864. The Morgan fingerprint density at radius 3 is 2.52 bits per heavy atom. The van der Waals surface area contributed by atoms with Crippen molar-refractivity contribution in [2.45, 2.75) is 18.6 Å². The molecule has 2 aromatic rings. The Morgan fingerprint density at radius 2 is 1.85 bits per heavy atom. The molecule has 27 heavy (non-hydrogen) atoms. The third-order valence-corrected chi connectivity index (χ3v) is 5.33. The molecule has 0 aliphatic carbocycles. The minimum absolute atomic E-state index is 0.00189. The summed E-state index contributed by atoms with van der Waals surface area (Å²) in [5.74, 6) is 2.34. The van der Waals surface area contributed by atoms with Crippen molar-refractivity contribution in [1.82, 2.24) is 14.9 Å². The van der Waals surface area contributed by atoms with Gasteiger partial charge in [-0.05, 0) is 6.07 Å². The first-order chi connectivity index (χ1) is 13.0. The lowest BCUT2D eigenvalue weighted by atomic mass is 10.1. The Morgan fingerprint density at radius 1 is 1.19 bits per heavy atom. The molecule has 0 bridgehead atoms. The molecule has 3 rings (SSSR count). The van der Waals surface area contributed by atoms with Gasteiger partial charge in [0.05, 0.1) is 36.6 Å². The third kappa shape index (κ3) is 4.41. The predicted octanol–water partition coefficient (Wildman–Crippen LogP) is 1.36. The molecule has 1 aliphatic heterocycles. The van der Waals surface area contributed by atoms with E-state index in [-0.39, 0.29) is 23.0 Å². The zero-order valence-electron chi connectivity index (χ0n) is 15.2. The van der Waals surface area contributed by atoms with E-state index in [9.17, 15) is 14.4 Å². The number of nitrogens with zero attached hydrogens (tertiary/aromatic N) is 2. The predicted molar refractivity (Wildman–Crippen MR) is 102 cm³/mol. The molecule has 1 amide bonds. The number of fused-ring (bicyclic) bond motifs is 1. The van der Waals surface area contributed by atoms with Crippen LogP contribution in [0.2, 0.25) is 0 Å². The lowest BCUT2D eigenvalue weighted by molar-refractivity contribution is -0.132. The summed E-state index contributed by atoms with van der Waals surface area (Å²) in [5, 5.41) is 0.412. The van der Waals surface area contributed by atoms with Gasteiger partial charge in [-0.3, -0.25) is 14.4 Å². The normalized spacial score (nSPS) is 14.4. The molecule has 0 saturated carbocycles. The summed E-state index contributed by atoms with van der Waals surface area (Å²) in [6.45, 7) is 0.982. The smallest absolute Gasteiger partial charge is 0.258 e. The topological polar surface area (TPSA) is 102 Å². The molecule has 0 radical (unpaired) electrons. The molecule has 1 aliphatic rings. The number of piperidine rings is 1. The molecule has 8 nitrogen and oxygen atoms in total. The second kappa shape index (κ2) is 8.43. The number of ketones is 1. The van der Waals surface area contributed by atoms with E-state index in [1.165, 1.54) is 26.0 Å². The van der Waals surface area contributed by atoms with Crippen molar-refractivity contribution in [1.29, 1.82) is 0 Å². The van der Waals surface area contributed by atoms with E-state index in [1.54, 1.807) is 17.0 Å². The van der Waals surface area contributed by atoms with Crippen molar-refractivity contribution in [2.75, 3.05) is 33.1 Å². The maximum atomic E-state index is 12.3. The number of thioether (sulfide) groups is 1. The summed E-state index contributed by atoms with van der Waals surface area (Å²) in [4.78, 5) is 44.7. The Hall–Kier alpha value is -2.55. The van der Waals surface area contributed by atoms with E-state index in [1.807, 2.05) is 0 Å². The summed E-state index contributed by atoms with van der Waals surface area (Å²) < 4.78 is 10.5. The van der Waals surface area contributed by atoms with E-state index < -0.39 is 0 Å². The highest BCUT2D eigenvalue weighted by molar-refractivity contribution is 7.99. The maximum Gasteiger partial charge on any atom is 0.258 e. The molecule has 1 fully saturated rings. The van der Waals surface area contributed by atoms with Crippen LogP contribution in [0.25, 0.3) is 10.9 Å². The van der Waals surface area contributed by atoms with Crippen LogP contribution in [0, 0.1) is 0 Å². The third-order valence-electron chi connectivity index (χ3n) is 4.40. The quantitative estimate of drug-likeness (QED) is 0.793. The van der Waals surface area contributed by atoms with Crippen LogP contribution in [0.15, 0.2) is 16.9 Å². The number of aromatic nitrogens is 2. The number of ether oxygens (including phenoxy) is 2. The minimum atomic E-state index is -0.266. The van der Waals surface area contributed by atoms with Crippen LogP contribution < -0.4 is 15.0 Å². The minimum Gasteiger partial charge on any atom is -0.493 e. The van der Waals surface area contributed by atoms with Gasteiger partial charge in [0.1, 0.15) is 11.6 Å². The van der Waals surface area contributed by atoms with Crippen LogP contribution in [0.4, 0.5) is 0 Å². The number of methoxy groups -OCH3 is 2. The summed E-state index contributed by atoms with van der Waals surface area (Å²) in [7, 11) is 3.03. The van der Waals surface area contributed by atoms with Crippen LogP contribution in [-0.4, -0.2) is 59.6 Å². The number of carbonyl (C=O) groups is 2. The number of likely N-dealkylation sites (tertiary alicyclic amines) is 1. The van der Waals surface area contributed by atoms with Gasteiger partial charge in [0.25, 0.3) is 5.56 Å². The summed E-state index contributed by atoms with van der Waals surface area (Å²) in [6, 6.07) is 3.26. The van der Waals surface area contributed by atoms with Gasteiger partial charge < -0.3 is 19.4 Å². The molecule has 9 heteroatoms. The average Bonchev–Trinajstić information content (AvgIpc) is 2.67. The van der Waals surface area contributed by atoms with Crippen LogP contribution in [0.3, 0.4) is 0 Å². The second-order valence-electron chi connectivity index (χ2n) is 6.15. The number of nitrogens with one attached hydrogen (secondary N) is 1. The first kappa shape index (κ1) is 19.2. The molecule has 1 aromatic carbocycles. The van der Waals surface area contributed by atoms with Crippen molar-refractivity contribution < 1.29 is 19.1 Å². The summed E-state index contributed by atoms with van der Waals surface area (Å²) >= 11 is 1.38. The number of rotatable bonds is 6. The zero-order valence-corrected chi connectivity index (χ0v) is 16.1. The van der Waals surface area contributed by atoms with Crippen molar-refractivity contribution in [3.05, 3.63) is 28.3 Å². The van der Waals surface area contributed by atoms with Crippen LogP contribution >= 0.6 is 11.8 Å². The van der Waals surface area contributed by atoms with Crippen LogP contribution in [-0.2, 0) is 15.3 Å². The Kier molecular flexibility index (Phi) is 6.00. The Balaban J connectivity index is 1.67. The Labute approximate surface area is 160 Å². The molecule has 0 atom stereocenters. The number of H-pyrrole nitrogens is 1. The van der Waals surface area contributed by atoms with E-state index >= 15 is 0 Å². The first-order valence-corrected chi connectivity index (χ1v) is 9.69. The van der Waals surface area contributed by atoms with Gasteiger partial charge >= 0.3 is 0 Å². The van der Waals surface area contributed by atoms with Crippen molar-refractivity contribution in [2.24, 2.45) is 0 Å².